The first-order chi connectivity index (χ1) is 9.68. The van der Waals surface area contributed by atoms with Crippen LogP contribution in [-0.4, -0.2) is 42.5 Å². The highest BCUT2D eigenvalue weighted by Gasteiger charge is 2.34. The predicted octanol–water partition coefficient (Wildman–Crippen LogP) is 0.581. The Morgan fingerprint density at radius 2 is 2.25 bits per heavy atom. The van der Waals surface area contributed by atoms with E-state index in [2.05, 4.69) is 5.32 Å². The van der Waals surface area contributed by atoms with Gasteiger partial charge in [0, 0.05) is 13.1 Å². The first-order valence-electron chi connectivity index (χ1n) is 6.78. The highest BCUT2D eigenvalue weighted by atomic mass is 16.5. The van der Waals surface area contributed by atoms with Crippen molar-refractivity contribution in [3.63, 3.8) is 0 Å². The molecule has 0 spiro atoms. The third kappa shape index (κ3) is 2.07. The Hall–Kier alpha value is -2.24. The molecule has 3 N–H and O–H groups in total. The summed E-state index contributed by atoms with van der Waals surface area (Å²) in [5.41, 5.74) is 6.67. The molecule has 2 aliphatic heterocycles. The molecule has 3 rings (SSSR count). The molecule has 0 radical (unpaired) electrons. The van der Waals surface area contributed by atoms with Gasteiger partial charge < -0.3 is 20.7 Å². The number of anilines is 1. The van der Waals surface area contributed by atoms with Gasteiger partial charge in [-0.3, -0.25) is 9.59 Å². The largest absolute Gasteiger partial charge is 0.489 e. The van der Waals surface area contributed by atoms with Crippen molar-refractivity contribution in [2.75, 3.05) is 25.0 Å². The van der Waals surface area contributed by atoms with Gasteiger partial charge in [0.1, 0.15) is 12.6 Å². The number of carbonyl (C=O) groups excluding carboxylic acids is 2. The summed E-state index contributed by atoms with van der Waals surface area (Å²) in [5.74, 6) is -0.0644. The molecule has 1 saturated heterocycles. The summed E-state index contributed by atoms with van der Waals surface area (Å²) in [6.07, 6.45) is 1.43. The minimum Gasteiger partial charge on any atom is -0.489 e. The van der Waals surface area contributed by atoms with Crippen LogP contribution >= 0.6 is 0 Å². The maximum absolute atomic E-state index is 12.6. The Balaban J connectivity index is 1.93. The molecule has 106 valence electrons. The van der Waals surface area contributed by atoms with Crippen LogP contribution in [-0.2, 0) is 4.79 Å². The van der Waals surface area contributed by atoms with Gasteiger partial charge in [-0.05, 0) is 25.0 Å². The van der Waals surface area contributed by atoms with Crippen LogP contribution in [0.3, 0.4) is 0 Å². The Morgan fingerprint density at radius 3 is 3.05 bits per heavy atom. The number of amides is 2. The van der Waals surface area contributed by atoms with Gasteiger partial charge in [0.15, 0.2) is 5.75 Å². The van der Waals surface area contributed by atoms with Gasteiger partial charge in [-0.1, -0.05) is 6.07 Å². The molecule has 1 atom stereocenters. The van der Waals surface area contributed by atoms with E-state index < -0.39 is 11.9 Å². The third-order valence-corrected chi connectivity index (χ3v) is 3.75. The molecule has 0 aromatic heterocycles. The number of hydrogen-bond acceptors (Lipinski definition) is 4. The molecule has 6 nitrogen and oxygen atoms in total. The van der Waals surface area contributed by atoms with Crippen molar-refractivity contribution in [2.45, 2.75) is 18.9 Å². The van der Waals surface area contributed by atoms with Crippen molar-refractivity contribution in [3.8, 4) is 5.75 Å². The third-order valence-electron chi connectivity index (χ3n) is 3.75. The summed E-state index contributed by atoms with van der Waals surface area (Å²) in [7, 11) is 0. The maximum Gasteiger partial charge on any atom is 0.258 e. The van der Waals surface area contributed by atoms with E-state index in [0.29, 0.717) is 30.9 Å². The number of nitrogens with zero attached hydrogens (tertiary/aromatic N) is 1. The average molecular weight is 275 g/mol. The molecule has 0 aliphatic carbocycles. The minimum absolute atomic E-state index is 0.188. The van der Waals surface area contributed by atoms with Crippen LogP contribution in [0.2, 0.25) is 0 Å². The van der Waals surface area contributed by atoms with E-state index in [0.717, 1.165) is 18.7 Å². The Bertz CT molecular complexity index is 559. The normalized spacial score (nSPS) is 20.8. The van der Waals surface area contributed by atoms with Gasteiger partial charge in [-0.25, -0.2) is 0 Å². The van der Waals surface area contributed by atoms with E-state index in [1.165, 1.54) is 0 Å². The quantitative estimate of drug-likeness (QED) is 0.827. The first kappa shape index (κ1) is 12.8. The van der Waals surface area contributed by atoms with Gasteiger partial charge in [-0.15, -0.1) is 0 Å². The summed E-state index contributed by atoms with van der Waals surface area (Å²) in [6.45, 7) is 1.80. The second kappa shape index (κ2) is 5.03. The highest BCUT2D eigenvalue weighted by Crippen LogP contribution is 2.33. The molecule has 0 saturated carbocycles. The second-order valence-corrected chi connectivity index (χ2v) is 5.02. The number of ether oxygens (including phenoxy) is 1. The summed E-state index contributed by atoms with van der Waals surface area (Å²) in [6, 6.07) is 4.91. The van der Waals surface area contributed by atoms with Gasteiger partial charge in [0.2, 0.25) is 5.91 Å². The molecular weight excluding hydrogens is 258 g/mol. The van der Waals surface area contributed by atoms with Crippen molar-refractivity contribution in [3.05, 3.63) is 23.8 Å². The lowest BCUT2D eigenvalue weighted by Gasteiger charge is -2.26. The van der Waals surface area contributed by atoms with E-state index >= 15 is 0 Å². The van der Waals surface area contributed by atoms with E-state index in [1.54, 1.807) is 11.0 Å². The number of para-hydroxylation sites is 1. The molecule has 1 aromatic rings. The monoisotopic (exact) mass is 275 g/mol. The van der Waals surface area contributed by atoms with Gasteiger partial charge in [0.25, 0.3) is 5.91 Å². The van der Waals surface area contributed by atoms with Gasteiger partial charge >= 0.3 is 0 Å². The zero-order chi connectivity index (χ0) is 14.1. The minimum atomic E-state index is -0.505. The van der Waals surface area contributed by atoms with E-state index in [-0.39, 0.29) is 5.91 Å². The molecule has 1 unspecified atom stereocenters. The second-order valence-electron chi connectivity index (χ2n) is 5.02. The van der Waals surface area contributed by atoms with Crippen LogP contribution in [0.15, 0.2) is 18.2 Å². The topological polar surface area (TPSA) is 84.7 Å². The average Bonchev–Trinajstić information content (AvgIpc) is 2.95. The van der Waals surface area contributed by atoms with Gasteiger partial charge in [0.05, 0.1) is 11.3 Å². The van der Waals surface area contributed by atoms with Crippen molar-refractivity contribution in [1.82, 2.24) is 4.90 Å². The molecular formula is C14H17N3O3. The molecule has 6 heteroatoms. The number of likely N-dealkylation sites (tertiary alicyclic amines) is 1. The number of nitrogens with two attached hydrogens (primary N) is 1. The fourth-order valence-electron chi connectivity index (χ4n) is 2.80. The van der Waals surface area contributed by atoms with Crippen LogP contribution in [0.4, 0.5) is 5.69 Å². The summed E-state index contributed by atoms with van der Waals surface area (Å²) < 4.78 is 5.60. The zero-order valence-corrected chi connectivity index (χ0v) is 11.1. The molecule has 0 bridgehead atoms. The summed E-state index contributed by atoms with van der Waals surface area (Å²) in [4.78, 5) is 25.6. The Labute approximate surface area is 116 Å². The number of benzene rings is 1. The van der Waals surface area contributed by atoms with Crippen molar-refractivity contribution in [2.24, 2.45) is 5.73 Å². The molecule has 1 fully saturated rings. The highest BCUT2D eigenvalue weighted by molar-refractivity contribution is 6.01. The SMILES string of the molecule is NC(=O)C1CCCN1C(=O)c1cccc2c1OCCN2. The molecule has 1 aromatic carbocycles. The van der Waals surface area contributed by atoms with E-state index in [1.807, 2.05) is 12.1 Å². The summed E-state index contributed by atoms with van der Waals surface area (Å²) >= 11 is 0. The van der Waals surface area contributed by atoms with Crippen molar-refractivity contribution < 1.29 is 14.3 Å². The van der Waals surface area contributed by atoms with Crippen LogP contribution in [0.5, 0.6) is 5.75 Å². The number of primary amides is 1. The number of hydrogen-bond donors (Lipinski definition) is 2. The Morgan fingerprint density at radius 1 is 1.40 bits per heavy atom. The predicted molar refractivity (Wildman–Crippen MR) is 73.7 cm³/mol. The number of nitrogens with one attached hydrogen (secondary N) is 1. The molecule has 2 amide bonds. The summed E-state index contributed by atoms with van der Waals surface area (Å²) in [5, 5.41) is 3.20. The van der Waals surface area contributed by atoms with Gasteiger partial charge in [-0.2, -0.15) is 0 Å². The lowest BCUT2D eigenvalue weighted by atomic mass is 10.1. The van der Waals surface area contributed by atoms with E-state index in [9.17, 15) is 9.59 Å². The van der Waals surface area contributed by atoms with Crippen molar-refractivity contribution >= 4 is 17.5 Å². The van der Waals surface area contributed by atoms with Crippen LogP contribution in [0.25, 0.3) is 0 Å². The van der Waals surface area contributed by atoms with Crippen LogP contribution < -0.4 is 15.8 Å². The van der Waals surface area contributed by atoms with E-state index in [4.69, 9.17) is 10.5 Å². The lowest BCUT2D eigenvalue weighted by Crippen LogP contribution is -2.43. The van der Waals surface area contributed by atoms with Crippen molar-refractivity contribution in [1.29, 1.82) is 0 Å². The fourth-order valence-corrected chi connectivity index (χ4v) is 2.80. The molecule has 2 aliphatic rings. The molecule has 20 heavy (non-hydrogen) atoms. The number of fused-ring (bicyclic) bond motifs is 1. The Kier molecular flexibility index (Phi) is 3.22. The first-order valence-corrected chi connectivity index (χ1v) is 6.78. The standard InChI is InChI=1S/C14H17N3O3/c15-13(18)11-5-2-7-17(11)14(19)9-3-1-4-10-12(9)20-8-6-16-10/h1,3-4,11,16H,2,5-8H2,(H2,15,18). The van der Waals surface area contributed by atoms with Crippen LogP contribution in [0.1, 0.15) is 23.2 Å². The molecule has 2 heterocycles. The maximum atomic E-state index is 12.6. The lowest BCUT2D eigenvalue weighted by molar-refractivity contribution is -0.121. The smallest absolute Gasteiger partial charge is 0.258 e. The fraction of sp³-hybridized carbons (Fsp3) is 0.429. The number of carbonyl (C=O) groups is 2. The zero-order valence-electron chi connectivity index (χ0n) is 11.1. The number of rotatable bonds is 2. The van der Waals surface area contributed by atoms with Crippen LogP contribution in [0, 0.1) is 0 Å².